The molecule has 1 fully saturated rings. The molecule has 2 atom stereocenters. The number of rotatable bonds is 4. The molecule has 1 saturated carbocycles. The van der Waals surface area contributed by atoms with E-state index in [1.165, 1.54) is 7.11 Å². The van der Waals surface area contributed by atoms with Gasteiger partial charge in [-0.25, -0.2) is 4.79 Å². The number of carboxylic acid groups (broad SMARTS) is 1. The maximum absolute atomic E-state index is 12.2. The lowest BCUT2D eigenvalue weighted by Gasteiger charge is -2.13. The lowest BCUT2D eigenvalue weighted by Crippen LogP contribution is -2.23. The number of nitrogens with one attached hydrogen (secondary N) is 1. The van der Waals surface area contributed by atoms with Gasteiger partial charge in [0, 0.05) is 5.92 Å². The van der Waals surface area contributed by atoms with E-state index in [0.29, 0.717) is 24.9 Å². The van der Waals surface area contributed by atoms with Gasteiger partial charge >= 0.3 is 11.9 Å². The van der Waals surface area contributed by atoms with Crippen LogP contribution in [-0.4, -0.2) is 30.1 Å². The molecule has 1 amide bonds. The minimum atomic E-state index is -0.861. The molecule has 0 saturated heterocycles. The summed E-state index contributed by atoms with van der Waals surface area (Å²) in [6, 6.07) is 6.57. The van der Waals surface area contributed by atoms with Gasteiger partial charge in [0.2, 0.25) is 5.91 Å². The number of carbonyl (C=O) groups is 3. The number of aliphatic carboxylic acids is 1. The zero-order valence-corrected chi connectivity index (χ0v) is 11.7. The zero-order valence-electron chi connectivity index (χ0n) is 11.7. The van der Waals surface area contributed by atoms with Gasteiger partial charge in [-0.2, -0.15) is 0 Å². The van der Waals surface area contributed by atoms with E-state index in [-0.39, 0.29) is 17.4 Å². The summed E-state index contributed by atoms with van der Waals surface area (Å²) in [5, 5.41) is 11.7. The first-order chi connectivity index (χ1) is 10.0. The highest BCUT2D eigenvalue weighted by Crippen LogP contribution is 2.32. The number of carboxylic acids is 1. The zero-order chi connectivity index (χ0) is 15.4. The predicted molar refractivity (Wildman–Crippen MR) is 74.9 cm³/mol. The highest BCUT2D eigenvalue weighted by atomic mass is 16.5. The maximum Gasteiger partial charge on any atom is 0.339 e. The molecule has 0 aromatic heterocycles. The molecule has 0 heterocycles. The summed E-state index contributed by atoms with van der Waals surface area (Å²) in [6.07, 6.45) is 1.39. The molecule has 1 aromatic rings. The van der Waals surface area contributed by atoms with E-state index in [2.05, 4.69) is 10.1 Å². The Morgan fingerprint density at radius 1 is 1.19 bits per heavy atom. The van der Waals surface area contributed by atoms with Crippen LogP contribution in [0.1, 0.15) is 29.6 Å². The standard InChI is InChI=1S/C15H17NO5/c1-21-15(20)11-4-2-3-5-12(11)16-13(17)9-6-7-10(8-9)14(18)19/h2-5,9-10H,6-8H2,1H3,(H,16,17)(H,18,19). The molecule has 1 aliphatic rings. The molecule has 2 N–H and O–H groups in total. The van der Waals surface area contributed by atoms with Crippen LogP contribution in [0.3, 0.4) is 0 Å². The average molecular weight is 291 g/mol. The molecule has 1 aromatic carbocycles. The Morgan fingerprint density at radius 2 is 1.86 bits per heavy atom. The van der Waals surface area contributed by atoms with E-state index in [1.807, 2.05) is 0 Å². The lowest BCUT2D eigenvalue weighted by molar-refractivity contribution is -0.141. The van der Waals surface area contributed by atoms with Crippen molar-refractivity contribution in [2.75, 3.05) is 12.4 Å². The Kier molecular flexibility index (Phi) is 4.57. The van der Waals surface area contributed by atoms with Gasteiger partial charge < -0.3 is 15.2 Å². The molecule has 1 aliphatic carbocycles. The second kappa shape index (κ2) is 6.39. The van der Waals surface area contributed by atoms with E-state index >= 15 is 0 Å². The molecule has 2 rings (SSSR count). The van der Waals surface area contributed by atoms with Crippen LogP contribution in [0.25, 0.3) is 0 Å². The van der Waals surface area contributed by atoms with Gasteiger partial charge in [-0.05, 0) is 31.4 Å². The van der Waals surface area contributed by atoms with Crippen molar-refractivity contribution in [3.8, 4) is 0 Å². The number of ether oxygens (including phenoxy) is 1. The first kappa shape index (κ1) is 15.0. The highest BCUT2D eigenvalue weighted by molar-refractivity contribution is 6.02. The van der Waals surface area contributed by atoms with Crippen molar-refractivity contribution in [1.82, 2.24) is 0 Å². The highest BCUT2D eigenvalue weighted by Gasteiger charge is 2.34. The lowest BCUT2D eigenvalue weighted by atomic mass is 10.0. The topological polar surface area (TPSA) is 92.7 Å². The summed E-state index contributed by atoms with van der Waals surface area (Å²) in [4.78, 5) is 34.7. The minimum Gasteiger partial charge on any atom is -0.481 e. The number of esters is 1. The molecule has 2 unspecified atom stereocenters. The molecule has 21 heavy (non-hydrogen) atoms. The van der Waals surface area contributed by atoms with Crippen LogP contribution in [0.15, 0.2) is 24.3 Å². The van der Waals surface area contributed by atoms with Gasteiger partial charge in [0.05, 0.1) is 24.3 Å². The first-order valence-corrected chi connectivity index (χ1v) is 6.74. The molecule has 6 heteroatoms. The van der Waals surface area contributed by atoms with Crippen LogP contribution in [0.2, 0.25) is 0 Å². The quantitative estimate of drug-likeness (QED) is 0.827. The average Bonchev–Trinajstić information content (AvgIpc) is 2.97. The Morgan fingerprint density at radius 3 is 2.48 bits per heavy atom. The van der Waals surface area contributed by atoms with Crippen LogP contribution in [0.5, 0.6) is 0 Å². The Labute approximate surface area is 122 Å². The SMILES string of the molecule is COC(=O)c1ccccc1NC(=O)C1CCC(C(=O)O)C1. The van der Waals surface area contributed by atoms with Crippen molar-refractivity contribution in [3.05, 3.63) is 29.8 Å². The molecule has 0 aliphatic heterocycles. The molecule has 0 bridgehead atoms. The van der Waals surface area contributed by atoms with Crippen molar-refractivity contribution in [3.63, 3.8) is 0 Å². The minimum absolute atomic E-state index is 0.255. The fourth-order valence-corrected chi connectivity index (χ4v) is 2.56. The third kappa shape index (κ3) is 3.39. The smallest absolute Gasteiger partial charge is 0.339 e. The van der Waals surface area contributed by atoms with Crippen LogP contribution >= 0.6 is 0 Å². The number of methoxy groups -OCH3 is 1. The summed E-state index contributed by atoms with van der Waals surface area (Å²) < 4.78 is 4.66. The normalized spacial score (nSPS) is 20.8. The van der Waals surface area contributed by atoms with Gasteiger partial charge in [-0.15, -0.1) is 0 Å². The van der Waals surface area contributed by atoms with E-state index < -0.39 is 17.9 Å². The van der Waals surface area contributed by atoms with Crippen molar-refractivity contribution in [2.24, 2.45) is 11.8 Å². The maximum atomic E-state index is 12.2. The number of para-hydroxylation sites is 1. The Balaban J connectivity index is 2.07. The molecule has 6 nitrogen and oxygen atoms in total. The second-order valence-corrected chi connectivity index (χ2v) is 5.07. The predicted octanol–water partition coefficient (Wildman–Crippen LogP) is 1.91. The van der Waals surface area contributed by atoms with Gasteiger partial charge in [0.15, 0.2) is 0 Å². The third-order valence-electron chi connectivity index (χ3n) is 3.74. The van der Waals surface area contributed by atoms with Crippen LogP contribution < -0.4 is 5.32 Å². The summed E-state index contributed by atoms with van der Waals surface area (Å²) in [7, 11) is 1.27. The van der Waals surface area contributed by atoms with Crippen LogP contribution in [-0.2, 0) is 14.3 Å². The van der Waals surface area contributed by atoms with E-state index in [0.717, 1.165) is 0 Å². The number of anilines is 1. The second-order valence-electron chi connectivity index (χ2n) is 5.07. The number of benzene rings is 1. The number of hydrogen-bond acceptors (Lipinski definition) is 4. The molecule has 0 spiro atoms. The number of hydrogen-bond donors (Lipinski definition) is 2. The van der Waals surface area contributed by atoms with Gasteiger partial charge in [0.1, 0.15) is 0 Å². The van der Waals surface area contributed by atoms with Gasteiger partial charge in [-0.3, -0.25) is 9.59 Å². The van der Waals surface area contributed by atoms with Crippen molar-refractivity contribution in [2.45, 2.75) is 19.3 Å². The van der Waals surface area contributed by atoms with E-state index in [9.17, 15) is 14.4 Å². The Bertz CT molecular complexity index is 569. The van der Waals surface area contributed by atoms with E-state index in [1.54, 1.807) is 24.3 Å². The number of amides is 1. The fraction of sp³-hybridized carbons (Fsp3) is 0.400. The fourth-order valence-electron chi connectivity index (χ4n) is 2.56. The monoisotopic (exact) mass is 291 g/mol. The van der Waals surface area contributed by atoms with E-state index in [4.69, 9.17) is 5.11 Å². The Hall–Kier alpha value is -2.37. The van der Waals surface area contributed by atoms with Crippen molar-refractivity contribution >= 4 is 23.5 Å². The summed E-state index contributed by atoms with van der Waals surface area (Å²) in [6.45, 7) is 0. The third-order valence-corrected chi connectivity index (χ3v) is 3.74. The molecular formula is C15H17NO5. The largest absolute Gasteiger partial charge is 0.481 e. The summed E-state index contributed by atoms with van der Waals surface area (Å²) in [5.41, 5.74) is 0.661. The van der Waals surface area contributed by atoms with Crippen LogP contribution in [0, 0.1) is 11.8 Å². The summed E-state index contributed by atoms with van der Waals surface area (Å²) in [5.74, 6) is -2.44. The summed E-state index contributed by atoms with van der Waals surface area (Å²) >= 11 is 0. The van der Waals surface area contributed by atoms with Gasteiger partial charge in [0.25, 0.3) is 0 Å². The first-order valence-electron chi connectivity index (χ1n) is 6.74. The van der Waals surface area contributed by atoms with Crippen molar-refractivity contribution in [1.29, 1.82) is 0 Å². The molecular weight excluding hydrogens is 274 g/mol. The molecule has 112 valence electrons. The number of carbonyl (C=O) groups excluding carboxylic acids is 2. The van der Waals surface area contributed by atoms with Crippen molar-refractivity contribution < 1.29 is 24.2 Å². The van der Waals surface area contributed by atoms with Gasteiger partial charge in [-0.1, -0.05) is 12.1 Å². The van der Waals surface area contributed by atoms with Crippen LogP contribution in [0.4, 0.5) is 5.69 Å². The molecule has 0 radical (unpaired) electrons.